The van der Waals surface area contributed by atoms with Gasteiger partial charge < -0.3 is 20.7 Å². The monoisotopic (exact) mass is 402 g/mol. The van der Waals surface area contributed by atoms with Gasteiger partial charge in [-0.3, -0.25) is 14.9 Å². The molecule has 0 radical (unpaired) electrons. The van der Waals surface area contributed by atoms with Gasteiger partial charge in [0.05, 0.1) is 17.9 Å². The molecule has 150 valence electrons. The average Bonchev–Trinajstić information content (AvgIpc) is 3.36. The highest BCUT2D eigenvalue weighted by Crippen LogP contribution is 2.34. The Bertz CT molecular complexity index is 1150. The largest absolute Gasteiger partial charge is 0.392 e. The summed E-state index contributed by atoms with van der Waals surface area (Å²) in [6, 6.07) is 14.3. The van der Waals surface area contributed by atoms with Crippen LogP contribution < -0.4 is 16.0 Å². The maximum atomic E-state index is 12.3. The summed E-state index contributed by atoms with van der Waals surface area (Å²) in [6.45, 7) is -0.126. The Kier molecular flexibility index (Phi) is 5.15. The molecule has 0 saturated carbocycles. The zero-order chi connectivity index (χ0) is 21.1. The SMILES string of the molecule is O=C(NC(=O)c1ccc(CO)cc1)Nc1ccc2c(c1)NC(=O)/C2=C\c1ccc[nH]1. The van der Waals surface area contributed by atoms with Crippen LogP contribution in [0.15, 0.2) is 60.8 Å². The molecule has 4 rings (SSSR count). The van der Waals surface area contributed by atoms with E-state index in [0.29, 0.717) is 28.1 Å². The molecule has 0 atom stereocenters. The molecule has 2 heterocycles. The van der Waals surface area contributed by atoms with Gasteiger partial charge in [-0.15, -0.1) is 0 Å². The molecule has 30 heavy (non-hydrogen) atoms. The predicted molar refractivity (Wildman–Crippen MR) is 113 cm³/mol. The van der Waals surface area contributed by atoms with Crippen LogP contribution in [0.1, 0.15) is 27.2 Å². The van der Waals surface area contributed by atoms with Crippen LogP contribution in [0.5, 0.6) is 0 Å². The van der Waals surface area contributed by atoms with E-state index in [-0.39, 0.29) is 12.5 Å². The summed E-state index contributed by atoms with van der Waals surface area (Å²) in [6.07, 6.45) is 3.52. The molecule has 0 fully saturated rings. The molecule has 0 saturated heterocycles. The van der Waals surface area contributed by atoms with Gasteiger partial charge in [0.2, 0.25) is 0 Å². The number of aromatic nitrogens is 1. The van der Waals surface area contributed by atoms with E-state index in [9.17, 15) is 14.4 Å². The molecular formula is C22H18N4O4. The lowest BCUT2D eigenvalue weighted by Gasteiger charge is -2.08. The van der Waals surface area contributed by atoms with Crippen LogP contribution in [0.2, 0.25) is 0 Å². The number of amides is 4. The van der Waals surface area contributed by atoms with Crippen molar-refractivity contribution in [2.45, 2.75) is 6.61 Å². The van der Waals surface area contributed by atoms with Gasteiger partial charge >= 0.3 is 6.03 Å². The third-order valence-electron chi connectivity index (χ3n) is 4.61. The van der Waals surface area contributed by atoms with Crippen LogP contribution in [0.4, 0.5) is 16.2 Å². The van der Waals surface area contributed by atoms with Gasteiger partial charge in [0.15, 0.2) is 0 Å². The van der Waals surface area contributed by atoms with Crippen molar-refractivity contribution in [3.63, 3.8) is 0 Å². The minimum Gasteiger partial charge on any atom is -0.392 e. The molecule has 1 aliphatic rings. The number of fused-ring (bicyclic) bond motifs is 1. The second-order valence-corrected chi connectivity index (χ2v) is 6.66. The number of H-pyrrole nitrogens is 1. The number of carbonyl (C=O) groups is 3. The third-order valence-corrected chi connectivity index (χ3v) is 4.61. The molecule has 4 amide bonds. The van der Waals surface area contributed by atoms with Crippen molar-refractivity contribution in [1.82, 2.24) is 10.3 Å². The van der Waals surface area contributed by atoms with E-state index in [0.717, 1.165) is 11.3 Å². The number of anilines is 2. The Hall–Kier alpha value is -4.17. The van der Waals surface area contributed by atoms with Crippen LogP contribution in [0, 0.1) is 0 Å². The molecule has 5 N–H and O–H groups in total. The van der Waals surface area contributed by atoms with Gasteiger partial charge in [-0.05, 0) is 48.0 Å². The first-order valence-corrected chi connectivity index (χ1v) is 9.16. The Morgan fingerprint density at radius 1 is 1.07 bits per heavy atom. The van der Waals surface area contributed by atoms with E-state index in [1.165, 1.54) is 12.1 Å². The van der Waals surface area contributed by atoms with Crippen LogP contribution in [-0.4, -0.2) is 27.9 Å². The summed E-state index contributed by atoms with van der Waals surface area (Å²) in [5.74, 6) is -0.801. The summed E-state index contributed by atoms with van der Waals surface area (Å²) in [5.41, 5.74) is 4.01. The van der Waals surface area contributed by atoms with Crippen molar-refractivity contribution >= 4 is 40.9 Å². The highest BCUT2D eigenvalue weighted by Gasteiger charge is 2.24. The van der Waals surface area contributed by atoms with E-state index in [4.69, 9.17) is 5.11 Å². The van der Waals surface area contributed by atoms with E-state index < -0.39 is 11.9 Å². The molecule has 0 aliphatic carbocycles. The Labute approximate surface area is 171 Å². The van der Waals surface area contributed by atoms with E-state index >= 15 is 0 Å². The minimum absolute atomic E-state index is 0.126. The summed E-state index contributed by atoms with van der Waals surface area (Å²) >= 11 is 0. The lowest BCUT2D eigenvalue weighted by molar-refractivity contribution is -0.110. The highest BCUT2D eigenvalue weighted by molar-refractivity contribution is 6.35. The predicted octanol–water partition coefficient (Wildman–Crippen LogP) is 2.96. The first-order valence-electron chi connectivity index (χ1n) is 9.16. The van der Waals surface area contributed by atoms with Crippen LogP contribution in [-0.2, 0) is 11.4 Å². The number of carbonyl (C=O) groups excluding carboxylic acids is 3. The van der Waals surface area contributed by atoms with Crippen LogP contribution >= 0.6 is 0 Å². The number of hydrogen-bond donors (Lipinski definition) is 5. The zero-order valence-electron chi connectivity index (χ0n) is 15.7. The maximum Gasteiger partial charge on any atom is 0.326 e. The van der Waals surface area contributed by atoms with Crippen LogP contribution in [0.3, 0.4) is 0 Å². The average molecular weight is 402 g/mol. The van der Waals surface area contributed by atoms with E-state index in [2.05, 4.69) is 20.9 Å². The number of nitrogens with one attached hydrogen (secondary N) is 4. The molecule has 2 aromatic carbocycles. The number of benzene rings is 2. The fraction of sp³-hybridized carbons (Fsp3) is 0.0455. The zero-order valence-corrected chi connectivity index (χ0v) is 15.7. The normalized spacial score (nSPS) is 13.6. The van der Waals surface area contributed by atoms with Gasteiger partial charge in [-0.1, -0.05) is 18.2 Å². The van der Waals surface area contributed by atoms with Crippen molar-refractivity contribution < 1.29 is 19.5 Å². The topological polar surface area (TPSA) is 123 Å². The Balaban J connectivity index is 1.44. The number of hydrogen-bond acceptors (Lipinski definition) is 4. The fourth-order valence-corrected chi connectivity index (χ4v) is 3.10. The smallest absolute Gasteiger partial charge is 0.326 e. The molecule has 0 unspecified atom stereocenters. The second-order valence-electron chi connectivity index (χ2n) is 6.66. The van der Waals surface area contributed by atoms with Crippen LogP contribution in [0.25, 0.3) is 11.6 Å². The standard InChI is InChI=1S/C22H18N4O4/c27-12-13-3-5-14(6-4-13)20(28)26-22(30)24-16-7-8-17-18(10-15-2-1-9-23-15)21(29)25-19(17)11-16/h1-11,23,27H,12H2,(H,25,29)(H2,24,26,28,30)/b18-10-. The number of rotatable bonds is 4. The van der Waals surface area contributed by atoms with Crippen molar-refractivity contribution in [2.24, 2.45) is 0 Å². The van der Waals surface area contributed by atoms with Gasteiger partial charge in [0.25, 0.3) is 11.8 Å². The fourth-order valence-electron chi connectivity index (χ4n) is 3.10. The first-order chi connectivity index (χ1) is 14.5. The van der Waals surface area contributed by atoms with Crippen molar-refractivity contribution in [3.8, 4) is 0 Å². The molecule has 1 aromatic heterocycles. The van der Waals surface area contributed by atoms with Crippen molar-refractivity contribution in [1.29, 1.82) is 0 Å². The third kappa shape index (κ3) is 3.98. The van der Waals surface area contributed by atoms with Gasteiger partial charge in [-0.2, -0.15) is 0 Å². The van der Waals surface area contributed by atoms with Crippen molar-refractivity contribution in [3.05, 3.63) is 83.2 Å². The van der Waals surface area contributed by atoms with Gasteiger partial charge in [0.1, 0.15) is 0 Å². The van der Waals surface area contributed by atoms with E-state index in [1.54, 1.807) is 42.6 Å². The number of imide groups is 1. The summed E-state index contributed by atoms with van der Waals surface area (Å²) < 4.78 is 0. The van der Waals surface area contributed by atoms with Gasteiger partial charge in [0, 0.05) is 28.7 Å². The minimum atomic E-state index is -0.697. The molecule has 8 nitrogen and oxygen atoms in total. The van der Waals surface area contributed by atoms with Crippen molar-refractivity contribution in [2.75, 3.05) is 10.6 Å². The molecular weight excluding hydrogens is 384 g/mol. The number of aromatic amines is 1. The first kappa shape index (κ1) is 19.2. The number of urea groups is 1. The summed E-state index contributed by atoms with van der Waals surface area (Å²) in [4.78, 5) is 39.7. The maximum absolute atomic E-state index is 12.3. The highest BCUT2D eigenvalue weighted by atomic mass is 16.3. The Morgan fingerprint density at radius 2 is 1.87 bits per heavy atom. The number of aliphatic hydroxyl groups excluding tert-OH is 1. The molecule has 8 heteroatoms. The lowest BCUT2D eigenvalue weighted by Crippen LogP contribution is -2.34. The molecule has 0 bridgehead atoms. The van der Waals surface area contributed by atoms with E-state index in [1.807, 2.05) is 12.1 Å². The Morgan fingerprint density at radius 3 is 2.57 bits per heavy atom. The molecule has 3 aromatic rings. The lowest BCUT2D eigenvalue weighted by atomic mass is 10.1. The summed E-state index contributed by atoms with van der Waals surface area (Å²) in [5, 5.41) is 16.6. The summed E-state index contributed by atoms with van der Waals surface area (Å²) in [7, 11) is 0. The molecule has 0 spiro atoms. The molecule has 1 aliphatic heterocycles. The number of aliphatic hydroxyl groups is 1. The second kappa shape index (κ2) is 8.06. The quantitative estimate of drug-likeness (QED) is 0.431. The van der Waals surface area contributed by atoms with Gasteiger partial charge in [-0.25, -0.2) is 4.79 Å².